The minimum absolute atomic E-state index is 0.0350. The van der Waals surface area contributed by atoms with E-state index in [9.17, 15) is 9.90 Å². The van der Waals surface area contributed by atoms with E-state index in [1.54, 1.807) is 4.90 Å². The second kappa shape index (κ2) is 6.01. The summed E-state index contributed by atoms with van der Waals surface area (Å²) in [7, 11) is 0. The highest BCUT2D eigenvalue weighted by Gasteiger charge is 2.37. The fourth-order valence-electron chi connectivity index (χ4n) is 3.20. The maximum absolute atomic E-state index is 12.8. The van der Waals surface area contributed by atoms with Gasteiger partial charge in [-0.3, -0.25) is 4.79 Å². The quantitative estimate of drug-likeness (QED) is 0.872. The molecule has 124 valence electrons. The third-order valence-corrected chi connectivity index (χ3v) is 5.33. The molecule has 0 bridgehead atoms. The number of likely N-dealkylation sites (tertiary alicyclic amines) is 1. The Morgan fingerprint density at radius 2 is 2.26 bits per heavy atom. The van der Waals surface area contributed by atoms with Crippen molar-refractivity contribution in [1.29, 1.82) is 0 Å². The molecular formula is C15H21N5O2S. The fourth-order valence-corrected chi connectivity index (χ4v) is 4.05. The highest BCUT2D eigenvalue weighted by Crippen LogP contribution is 2.35. The summed E-state index contributed by atoms with van der Waals surface area (Å²) >= 11 is 1.36. The number of nitrogens with zero attached hydrogens (tertiary/aromatic N) is 4. The Kier molecular flexibility index (Phi) is 4.20. The molecule has 1 fully saturated rings. The number of piperidine rings is 1. The molecule has 2 N–H and O–H groups in total. The minimum Gasteiger partial charge on any atom is -0.391 e. The number of hydrogen-bond donors (Lipinski definition) is 2. The molecule has 3 heterocycles. The van der Waals surface area contributed by atoms with Gasteiger partial charge in [-0.25, -0.2) is 0 Å². The van der Waals surface area contributed by atoms with E-state index < -0.39 is 6.10 Å². The molecule has 2 aromatic heterocycles. The van der Waals surface area contributed by atoms with E-state index in [1.165, 1.54) is 11.3 Å². The van der Waals surface area contributed by atoms with Gasteiger partial charge < -0.3 is 10.0 Å². The lowest BCUT2D eigenvalue weighted by atomic mass is 9.73. The van der Waals surface area contributed by atoms with Crippen LogP contribution in [0.5, 0.6) is 0 Å². The third-order valence-electron chi connectivity index (χ3n) is 4.43. The number of aliphatic hydroxyl groups excluding tert-OH is 1. The normalized spacial score (nSPS) is 22.3. The summed E-state index contributed by atoms with van der Waals surface area (Å²) in [6.45, 7) is 7.41. The molecule has 1 aliphatic rings. The van der Waals surface area contributed by atoms with Crippen molar-refractivity contribution < 1.29 is 9.90 Å². The van der Waals surface area contributed by atoms with Gasteiger partial charge in [-0.1, -0.05) is 20.8 Å². The van der Waals surface area contributed by atoms with Gasteiger partial charge in [0, 0.05) is 18.7 Å². The Balaban J connectivity index is 1.77. The summed E-state index contributed by atoms with van der Waals surface area (Å²) in [5, 5.41) is 26.1. The number of thiophene rings is 1. The van der Waals surface area contributed by atoms with Gasteiger partial charge >= 0.3 is 0 Å². The van der Waals surface area contributed by atoms with Gasteiger partial charge in [0.2, 0.25) is 5.82 Å². The second-order valence-electron chi connectivity index (χ2n) is 6.98. The summed E-state index contributed by atoms with van der Waals surface area (Å²) in [6.07, 6.45) is 0.306. The standard InChI is InChI=1S/C15H21N5O2S/c1-15(2,3)10-4-6-20(8-11(10)21)14(22)12-9(5-7-23-12)13-16-18-19-17-13/h5,7,10-11,21H,4,6,8H2,1-3H3,(H,16,17,18,19)/t10-,11-/m1/s1. The number of aliphatic hydroxyl groups is 1. The van der Waals surface area contributed by atoms with Crippen LogP contribution >= 0.6 is 11.3 Å². The van der Waals surface area contributed by atoms with Crippen LogP contribution in [0.1, 0.15) is 36.9 Å². The molecule has 23 heavy (non-hydrogen) atoms. The predicted molar refractivity (Wildman–Crippen MR) is 87.0 cm³/mol. The molecule has 8 heteroatoms. The molecular weight excluding hydrogens is 314 g/mol. The zero-order chi connectivity index (χ0) is 16.6. The smallest absolute Gasteiger partial charge is 0.264 e. The Hall–Kier alpha value is -1.80. The van der Waals surface area contributed by atoms with Crippen LogP contribution in [0.4, 0.5) is 0 Å². The number of H-pyrrole nitrogens is 1. The summed E-state index contributed by atoms with van der Waals surface area (Å²) in [5.41, 5.74) is 0.717. The lowest BCUT2D eigenvalue weighted by Crippen LogP contribution is -2.49. The largest absolute Gasteiger partial charge is 0.391 e. The number of carbonyl (C=O) groups excluding carboxylic acids is 1. The summed E-state index contributed by atoms with van der Waals surface area (Å²) in [5.74, 6) is 0.539. The van der Waals surface area contributed by atoms with Crippen LogP contribution in [0.25, 0.3) is 11.4 Å². The van der Waals surface area contributed by atoms with E-state index in [-0.39, 0.29) is 17.2 Å². The van der Waals surface area contributed by atoms with Crippen LogP contribution in [0, 0.1) is 11.3 Å². The molecule has 0 radical (unpaired) electrons. The van der Waals surface area contributed by atoms with Gasteiger partial charge in [-0.05, 0) is 34.4 Å². The number of nitrogens with one attached hydrogen (secondary N) is 1. The highest BCUT2D eigenvalue weighted by atomic mass is 32.1. The van der Waals surface area contributed by atoms with Crippen LogP contribution in [-0.2, 0) is 0 Å². The van der Waals surface area contributed by atoms with Gasteiger partial charge in [0.1, 0.15) is 4.88 Å². The number of rotatable bonds is 2. The Labute approximate surface area is 138 Å². The van der Waals surface area contributed by atoms with Crippen molar-refractivity contribution in [2.45, 2.75) is 33.3 Å². The maximum atomic E-state index is 12.8. The van der Waals surface area contributed by atoms with Crippen LogP contribution < -0.4 is 0 Å². The first-order chi connectivity index (χ1) is 10.9. The van der Waals surface area contributed by atoms with Crippen molar-refractivity contribution in [2.24, 2.45) is 11.3 Å². The first-order valence-corrected chi connectivity index (χ1v) is 8.54. The summed E-state index contributed by atoms with van der Waals surface area (Å²) in [4.78, 5) is 15.1. The maximum Gasteiger partial charge on any atom is 0.264 e. The molecule has 1 amide bonds. The van der Waals surface area contributed by atoms with Crippen molar-refractivity contribution >= 4 is 17.2 Å². The van der Waals surface area contributed by atoms with Gasteiger partial charge in [0.25, 0.3) is 5.91 Å². The molecule has 2 atom stereocenters. The van der Waals surface area contributed by atoms with Crippen molar-refractivity contribution in [3.8, 4) is 11.4 Å². The Bertz CT molecular complexity index is 676. The number of hydrogen-bond acceptors (Lipinski definition) is 6. The van der Waals surface area contributed by atoms with E-state index in [0.29, 0.717) is 29.4 Å². The number of amides is 1. The summed E-state index contributed by atoms with van der Waals surface area (Å²) < 4.78 is 0. The van der Waals surface area contributed by atoms with Crippen LogP contribution in [-0.4, -0.2) is 55.7 Å². The highest BCUT2D eigenvalue weighted by molar-refractivity contribution is 7.12. The molecule has 1 saturated heterocycles. The van der Waals surface area contributed by atoms with Gasteiger partial charge in [-0.15, -0.1) is 21.5 Å². The Morgan fingerprint density at radius 1 is 1.48 bits per heavy atom. The van der Waals surface area contributed by atoms with Crippen molar-refractivity contribution in [3.05, 3.63) is 16.3 Å². The molecule has 3 rings (SSSR count). The van der Waals surface area contributed by atoms with Crippen molar-refractivity contribution in [1.82, 2.24) is 25.5 Å². The van der Waals surface area contributed by atoms with Gasteiger partial charge in [0.15, 0.2) is 0 Å². The third kappa shape index (κ3) is 3.13. The number of aromatic nitrogens is 4. The first-order valence-electron chi connectivity index (χ1n) is 7.66. The van der Waals surface area contributed by atoms with E-state index in [1.807, 2.05) is 11.4 Å². The van der Waals surface area contributed by atoms with E-state index in [4.69, 9.17) is 0 Å². The lowest BCUT2D eigenvalue weighted by Gasteiger charge is -2.42. The molecule has 7 nitrogen and oxygen atoms in total. The van der Waals surface area contributed by atoms with E-state index in [2.05, 4.69) is 41.4 Å². The topological polar surface area (TPSA) is 95.0 Å². The first kappa shape index (κ1) is 16.1. The molecule has 0 unspecified atom stereocenters. The Morgan fingerprint density at radius 3 is 2.87 bits per heavy atom. The van der Waals surface area contributed by atoms with Crippen molar-refractivity contribution in [3.63, 3.8) is 0 Å². The van der Waals surface area contributed by atoms with Crippen LogP contribution in [0.15, 0.2) is 11.4 Å². The van der Waals surface area contributed by atoms with Crippen molar-refractivity contribution in [2.75, 3.05) is 13.1 Å². The summed E-state index contributed by atoms with van der Waals surface area (Å²) in [6, 6.07) is 1.82. The van der Waals surface area contributed by atoms with Crippen LogP contribution in [0.3, 0.4) is 0 Å². The number of β-amino-alcohol motifs (C(OH)–C–C–N with tert-alkyl or cyclic N) is 1. The number of tetrazole rings is 1. The monoisotopic (exact) mass is 335 g/mol. The average Bonchev–Trinajstić information content (AvgIpc) is 3.15. The van der Waals surface area contributed by atoms with Gasteiger partial charge in [-0.2, -0.15) is 5.21 Å². The lowest BCUT2D eigenvalue weighted by molar-refractivity contribution is -0.0186. The predicted octanol–water partition coefficient (Wildman–Crippen LogP) is 1.80. The van der Waals surface area contributed by atoms with Crippen LogP contribution in [0.2, 0.25) is 0 Å². The molecule has 0 spiro atoms. The average molecular weight is 335 g/mol. The molecule has 0 saturated carbocycles. The molecule has 0 aromatic carbocycles. The van der Waals surface area contributed by atoms with Gasteiger partial charge in [0.05, 0.1) is 6.10 Å². The zero-order valence-electron chi connectivity index (χ0n) is 13.5. The molecule has 0 aliphatic carbocycles. The number of carbonyl (C=O) groups is 1. The second-order valence-corrected chi connectivity index (χ2v) is 7.89. The van der Waals surface area contributed by atoms with E-state index in [0.717, 1.165) is 6.42 Å². The molecule has 1 aliphatic heterocycles. The molecule has 2 aromatic rings. The zero-order valence-corrected chi connectivity index (χ0v) is 14.3. The number of aromatic amines is 1. The minimum atomic E-state index is -0.499. The fraction of sp³-hybridized carbons (Fsp3) is 0.600. The SMILES string of the molecule is CC(C)(C)[C@@H]1CCN(C(=O)c2sccc2-c2nn[nH]n2)C[C@H]1O. The van der Waals surface area contributed by atoms with E-state index >= 15 is 0 Å².